The van der Waals surface area contributed by atoms with Crippen LogP contribution >= 0.6 is 0 Å². The van der Waals surface area contributed by atoms with Crippen LogP contribution in [0.4, 0.5) is 11.8 Å². The predicted octanol–water partition coefficient (Wildman–Crippen LogP) is 5.26. The molecule has 37 heavy (non-hydrogen) atoms. The van der Waals surface area contributed by atoms with E-state index in [1.807, 2.05) is 6.33 Å². The summed E-state index contributed by atoms with van der Waals surface area (Å²) in [7, 11) is 0. The normalized spacial score (nSPS) is 25.1. The second-order valence-corrected chi connectivity index (χ2v) is 11.5. The third kappa shape index (κ3) is 6.55. The van der Waals surface area contributed by atoms with E-state index < -0.39 is 0 Å². The molecule has 9 nitrogen and oxygen atoms in total. The molecular formula is C28H48N8O. The molecule has 0 spiro atoms. The minimum Gasteiger partial charge on any atom is -0.378 e. The van der Waals surface area contributed by atoms with Gasteiger partial charge in [-0.25, -0.2) is 9.99 Å². The second kappa shape index (κ2) is 12.7. The van der Waals surface area contributed by atoms with E-state index in [0.717, 1.165) is 88.0 Å². The summed E-state index contributed by atoms with van der Waals surface area (Å²) < 4.78 is 8.53. The third-order valence-electron chi connectivity index (χ3n) is 8.81. The summed E-state index contributed by atoms with van der Waals surface area (Å²) in [5, 5.41) is 5.95. The number of aromatic nitrogens is 4. The smallest absolute Gasteiger partial charge is 0.227 e. The summed E-state index contributed by atoms with van der Waals surface area (Å²) in [6, 6.07) is 1.19. The predicted molar refractivity (Wildman–Crippen MR) is 150 cm³/mol. The molecule has 0 radical (unpaired) electrons. The maximum atomic E-state index is 6.24. The summed E-state index contributed by atoms with van der Waals surface area (Å²) in [6.07, 6.45) is 17.3. The first kappa shape index (κ1) is 26.6. The molecule has 5 rings (SSSR count). The Kier molecular flexibility index (Phi) is 9.15. The van der Waals surface area contributed by atoms with Crippen molar-refractivity contribution in [2.75, 3.05) is 30.4 Å². The van der Waals surface area contributed by atoms with Gasteiger partial charge in [-0.1, -0.05) is 33.1 Å². The van der Waals surface area contributed by atoms with E-state index in [-0.39, 0.29) is 0 Å². The number of imidazole rings is 1. The molecule has 2 aromatic rings. The van der Waals surface area contributed by atoms with E-state index in [0.29, 0.717) is 36.1 Å². The van der Waals surface area contributed by atoms with Crippen molar-refractivity contribution in [2.45, 2.75) is 122 Å². The third-order valence-corrected chi connectivity index (χ3v) is 8.81. The fraction of sp³-hybridized carbons (Fsp3) is 0.821. The lowest BCUT2D eigenvalue weighted by Crippen LogP contribution is -2.41. The summed E-state index contributed by atoms with van der Waals surface area (Å²) in [5.41, 5.74) is 11.6. The standard InChI is InChI=1S/C28H48N8O/c1-3-5-18-37-24(4-2)20-14-16-35(17-15-20)34-26-25-27(36(19-30-25)23-8-6-7-9-23)33-28(32-26)31-22-12-10-21(29)11-13-22/h19-24H,3-18,29H2,1-2H3,(H2,31,32,33,34). The molecule has 2 aliphatic carbocycles. The summed E-state index contributed by atoms with van der Waals surface area (Å²) >= 11 is 0. The van der Waals surface area contributed by atoms with E-state index >= 15 is 0 Å². The summed E-state index contributed by atoms with van der Waals surface area (Å²) in [5.74, 6) is 2.16. The van der Waals surface area contributed by atoms with Crippen molar-refractivity contribution in [1.29, 1.82) is 0 Å². The van der Waals surface area contributed by atoms with Gasteiger partial charge >= 0.3 is 0 Å². The van der Waals surface area contributed by atoms with Crippen molar-refractivity contribution < 1.29 is 4.74 Å². The van der Waals surface area contributed by atoms with Crippen LogP contribution in [-0.4, -0.2) is 62.4 Å². The maximum Gasteiger partial charge on any atom is 0.227 e. The van der Waals surface area contributed by atoms with Crippen molar-refractivity contribution in [2.24, 2.45) is 11.7 Å². The monoisotopic (exact) mass is 512 g/mol. The Balaban J connectivity index is 1.30. The van der Waals surface area contributed by atoms with E-state index in [1.165, 1.54) is 32.1 Å². The zero-order chi connectivity index (χ0) is 25.6. The molecule has 206 valence electrons. The lowest BCUT2D eigenvalue weighted by atomic mass is 9.90. The lowest BCUT2D eigenvalue weighted by Gasteiger charge is -2.36. The van der Waals surface area contributed by atoms with E-state index in [9.17, 15) is 0 Å². The van der Waals surface area contributed by atoms with Crippen LogP contribution in [-0.2, 0) is 4.74 Å². The van der Waals surface area contributed by atoms with Crippen LogP contribution in [0.2, 0.25) is 0 Å². The number of fused-ring (bicyclic) bond motifs is 1. The maximum absolute atomic E-state index is 6.24. The van der Waals surface area contributed by atoms with Crippen LogP contribution in [0.1, 0.15) is 103 Å². The first-order valence-electron chi connectivity index (χ1n) is 15.0. The largest absolute Gasteiger partial charge is 0.378 e. The minimum absolute atomic E-state index is 0.328. The van der Waals surface area contributed by atoms with E-state index in [1.54, 1.807) is 0 Å². The fourth-order valence-electron chi connectivity index (χ4n) is 6.45. The first-order chi connectivity index (χ1) is 18.1. The highest BCUT2D eigenvalue weighted by molar-refractivity contribution is 5.84. The van der Waals surface area contributed by atoms with Crippen molar-refractivity contribution in [3.05, 3.63) is 6.33 Å². The number of nitrogens with zero attached hydrogens (tertiary/aromatic N) is 5. The van der Waals surface area contributed by atoms with Crippen LogP contribution in [0.15, 0.2) is 6.33 Å². The number of piperidine rings is 1. The Hall–Kier alpha value is -1.97. The van der Waals surface area contributed by atoms with Crippen molar-refractivity contribution in [3.63, 3.8) is 0 Å². The Labute approximate surface area is 222 Å². The molecule has 0 bridgehead atoms. The summed E-state index contributed by atoms with van der Waals surface area (Å²) in [4.78, 5) is 14.8. The number of ether oxygens (including phenoxy) is 1. The van der Waals surface area contributed by atoms with E-state index in [4.69, 9.17) is 25.4 Å². The summed E-state index contributed by atoms with van der Waals surface area (Å²) in [6.45, 7) is 7.33. The molecule has 4 N–H and O–H groups in total. The zero-order valence-electron chi connectivity index (χ0n) is 23.0. The lowest BCUT2D eigenvalue weighted by molar-refractivity contribution is -0.0103. The van der Waals surface area contributed by atoms with Gasteiger partial charge in [-0.15, -0.1) is 0 Å². The highest BCUT2D eigenvalue weighted by Gasteiger charge is 2.28. The number of nitrogens with two attached hydrogens (primary N) is 1. The Morgan fingerprint density at radius 2 is 1.78 bits per heavy atom. The molecule has 2 saturated carbocycles. The van der Waals surface area contributed by atoms with Crippen molar-refractivity contribution in [1.82, 2.24) is 24.5 Å². The molecule has 3 heterocycles. The quantitative estimate of drug-likeness (QED) is 0.350. The Morgan fingerprint density at radius 1 is 1.03 bits per heavy atom. The van der Waals surface area contributed by atoms with Gasteiger partial charge in [0.15, 0.2) is 17.0 Å². The number of anilines is 2. The minimum atomic E-state index is 0.328. The van der Waals surface area contributed by atoms with Gasteiger partial charge in [0.1, 0.15) is 0 Å². The van der Waals surface area contributed by atoms with Crippen molar-refractivity contribution in [3.8, 4) is 0 Å². The Morgan fingerprint density at radius 3 is 2.49 bits per heavy atom. The van der Waals surface area contributed by atoms with Crippen LogP contribution < -0.4 is 16.5 Å². The highest BCUT2D eigenvalue weighted by atomic mass is 16.5. The van der Waals surface area contributed by atoms with Gasteiger partial charge in [-0.05, 0) is 70.1 Å². The molecule has 2 aromatic heterocycles. The Bertz CT molecular complexity index is 974. The fourth-order valence-corrected chi connectivity index (χ4v) is 6.45. The molecule has 0 aromatic carbocycles. The average molecular weight is 513 g/mol. The molecule has 1 saturated heterocycles. The number of unbranched alkanes of at least 4 members (excludes halogenated alkanes) is 1. The molecule has 9 heteroatoms. The molecule has 0 amide bonds. The van der Waals surface area contributed by atoms with Gasteiger partial charge in [0, 0.05) is 37.8 Å². The van der Waals surface area contributed by atoms with Crippen molar-refractivity contribution >= 4 is 22.9 Å². The number of hydrogen-bond acceptors (Lipinski definition) is 8. The van der Waals surface area contributed by atoms with Gasteiger partial charge in [0.25, 0.3) is 0 Å². The molecular weight excluding hydrogens is 464 g/mol. The second-order valence-electron chi connectivity index (χ2n) is 11.5. The molecule has 3 aliphatic rings. The molecule has 1 unspecified atom stereocenters. The van der Waals surface area contributed by atoms with Crippen LogP contribution in [0.5, 0.6) is 0 Å². The number of hydrogen-bond donors (Lipinski definition) is 3. The van der Waals surface area contributed by atoms with Crippen LogP contribution in [0.25, 0.3) is 11.2 Å². The first-order valence-corrected chi connectivity index (χ1v) is 15.0. The van der Waals surface area contributed by atoms with Gasteiger partial charge in [0.2, 0.25) is 5.95 Å². The van der Waals surface area contributed by atoms with Gasteiger partial charge in [0.05, 0.1) is 12.4 Å². The molecule has 3 fully saturated rings. The number of rotatable bonds is 11. The topological polar surface area (TPSA) is 106 Å². The highest BCUT2D eigenvalue weighted by Crippen LogP contribution is 2.34. The van der Waals surface area contributed by atoms with E-state index in [2.05, 4.69) is 34.2 Å². The number of hydrazine groups is 1. The van der Waals surface area contributed by atoms with Crippen LogP contribution in [0.3, 0.4) is 0 Å². The zero-order valence-corrected chi connectivity index (χ0v) is 23.0. The average Bonchev–Trinajstić information content (AvgIpc) is 3.59. The SMILES string of the molecule is CCCCOC(CC)C1CCN(Nc2nc(NC3CCC(N)CC3)nc3c2ncn3C2CCCC2)CC1. The molecule has 1 aliphatic heterocycles. The van der Waals surface area contributed by atoms with Gasteiger partial charge in [-0.3, -0.25) is 0 Å². The van der Waals surface area contributed by atoms with Crippen LogP contribution in [0, 0.1) is 5.92 Å². The van der Waals surface area contributed by atoms with Gasteiger partial charge in [-0.2, -0.15) is 9.97 Å². The number of nitrogens with one attached hydrogen (secondary N) is 2. The molecule has 1 atom stereocenters. The van der Waals surface area contributed by atoms with Gasteiger partial charge < -0.3 is 25.8 Å².